The van der Waals surface area contributed by atoms with E-state index < -0.39 is 10.8 Å². The van der Waals surface area contributed by atoms with Crippen LogP contribution >= 0.6 is 0 Å². The van der Waals surface area contributed by atoms with Crippen molar-refractivity contribution in [1.29, 1.82) is 0 Å². The highest BCUT2D eigenvalue weighted by atomic mass is 32.2. The molecule has 23 heavy (non-hydrogen) atoms. The van der Waals surface area contributed by atoms with Gasteiger partial charge in [0.2, 0.25) is 0 Å². The van der Waals surface area contributed by atoms with Gasteiger partial charge in [0.25, 0.3) is 0 Å². The van der Waals surface area contributed by atoms with Crippen molar-refractivity contribution in [3.8, 4) is 0 Å². The highest BCUT2D eigenvalue weighted by Gasteiger charge is 2.23. The summed E-state index contributed by atoms with van der Waals surface area (Å²) in [5.74, 6) is 1.07. The second-order valence-electron chi connectivity index (χ2n) is 6.19. The van der Waals surface area contributed by atoms with Gasteiger partial charge >= 0.3 is 0 Å². The smallest absolute Gasteiger partial charge is 0.137 e. The van der Waals surface area contributed by atoms with E-state index in [9.17, 15) is 4.21 Å². The maximum Gasteiger partial charge on any atom is 0.137 e. The van der Waals surface area contributed by atoms with Gasteiger partial charge in [0.15, 0.2) is 0 Å². The van der Waals surface area contributed by atoms with Crippen LogP contribution in [0.5, 0.6) is 0 Å². The van der Waals surface area contributed by atoms with E-state index >= 15 is 0 Å². The molecule has 0 spiro atoms. The van der Waals surface area contributed by atoms with Gasteiger partial charge in [0.1, 0.15) is 11.3 Å². The Bertz CT molecular complexity index is 899. The fourth-order valence-corrected chi connectivity index (χ4v) is 4.39. The predicted octanol–water partition coefficient (Wildman–Crippen LogP) is 3.94. The van der Waals surface area contributed by atoms with Crippen molar-refractivity contribution in [3.63, 3.8) is 0 Å². The van der Waals surface area contributed by atoms with E-state index in [0.29, 0.717) is 6.04 Å². The third kappa shape index (κ3) is 2.52. The first-order valence-electron chi connectivity index (χ1n) is 7.88. The molecule has 0 saturated carbocycles. The molecular formula is C19H19NO2S. The summed E-state index contributed by atoms with van der Waals surface area (Å²) in [6, 6.07) is 14.0. The number of furan rings is 1. The van der Waals surface area contributed by atoms with Gasteiger partial charge in [-0.05, 0) is 43.7 Å². The van der Waals surface area contributed by atoms with E-state index in [0.717, 1.165) is 45.0 Å². The van der Waals surface area contributed by atoms with Gasteiger partial charge in [-0.15, -0.1) is 0 Å². The molecule has 0 bridgehead atoms. The van der Waals surface area contributed by atoms with Gasteiger partial charge in [0.05, 0.1) is 10.8 Å². The lowest BCUT2D eigenvalue weighted by atomic mass is 10.0. The molecule has 3 aromatic rings. The molecule has 2 aromatic carbocycles. The molecule has 0 saturated heterocycles. The molecule has 1 aliphatic rings. The largest absolute Gasteiger partial charge is 0.460 e. The molecule has 0 amide bonds. The minimum Gasteiger partial charge on any atom is -0.460 e. The Morgan fingerprint density at radius 3 is 2.74 bits per heavy atom. The van der Waals surface area contributed by atoms with Crippen LogP contribution in [-0.2, 0) is 23.8 Å². The first kappa shape index (κ1) is 14.7. The van der Waals surface area contributed by atoms with Crippen molar-refractivity contribution < 1.29 is 8.63 Å². The van der Waals surface area contributed by atoms with Crippen molar-refractivity contribution in [2.75, 3.05) is 0 Å². The van der Waals surface area contributed by atoms with Gasteiger partial charge in [-0.2, -0.15) is 0 Å². The molecule has 1 N–H and O–H groups in total. The minimum absolute atomic E-state index is 0.432. The summed E-state index contributed by atoms with van der Waals surface area (Å²) in [6.45, 7) is 5.00. The molecule has 2 unspecified atom stereocenters. The fourth-order valence-electron chi connectivity index (χ4n) is 3.21. The Hall–Kier alpha value is -1.91. The lowest BCUT2D eigenvalue weighted by molar-refractivity contribution is 0.439. The van der Waals surface area contributed by atoms with Crippen molar-refractivity contribution in [2.24, 2.45) is 0 Å². The standard InChI is InChI=1S/C19H19NO2S/c1-12-8-15(23(21)14-6-4-3-5-7-14)10-16-17-11-20-13(2)9-18(17)22-19(12)16/h3-8,10,13,20H,9,11H2,1-2H3. The number of hydrogen-bond donors (Lipinski definition) is 1. The summed E-state index contributed by atoms with van der Waals surface area (Å²) in [7, 11) is -1.17. The number of nitrogens with one attached hydrogen (secondary N) is 1. The summed E-state index contributed by atoms with van der Waals surface area (Å²) < 4.78 is 18.9. The summed E-state index contributed by atoms with van der Waals surface area (Å²) in [6.07, 6.45) is 0.903. The molecule has 4 rings (SSSR count). The molecule has 2 heterocycles. The van der Waals surface area contributed by atoms with Gasteiger partial charge < -0.3 is 9.73 Å². The Morgan fingerprint density at radius 2 is 1.96 bits per heavy atom. The molecule has 2 atom stereocenters. The summed E-state index contributed by atoms with van der Waals surface area (Å²) in [4.78, 5) is 1.67. The number of fused-ring (bicyclic) bond motifs is 3. The van der Waals surface area contributed by atoms with E-state index in [-0.39, 0.29) is 0 Å². The summed E-state index contributed by atoms with van der Waals surface area (Å²) >= 11 is 0. The van der Waals surface area contributed by atoms with E-state index in [1.165, 1.54) is 5.56 Å². The fraction of sp³-hybridized carbons (Fsp3) is 0.263. The van der Waals surface area contributed by atoms with Crippen LogP contribution in [0.15, 0.2) is 56.7 Å². The molecule has 3 nitrogen and oxygen atoms in total. The third-order valence-corrected chi connectivity index (χ3v) is 5.79. The van der Waals surface area contributed by atoms with Gasteiger partial charge in [0, 0.05) is 39.7 Å². The van der Waals surface area contributed by atoms with Crippen LogP contribution in [0.4, 0.5) is 0 Å². The SMILES string of the molecule is Cc1cc(S(=O)c2ccccc2)cc2c3c(oc12)CC(C)NC3. The molecule has 118 valence electrons. The topological polar surface area (TPSA) is 42.2 Å². The Balaban J connectivity index is 1.85. The van der Waals surface area contributed by atoms with Gasteiger partial charge in [-0.25, -0.2) is 4.21 Å². The van der Waals surface area contributed by atoms with Crippen LogP contribution in [-0.4, -0.2) is 10.3 Å². The molecule has 4 heteroatoms. The monoisotopic (exact) mass is 325 g/mol. The average Bonchev–Trinajstić information content (AvgIpc) is 2.93. The maximum absolute atomic E-state index is 12.8. The zero-order valence-corrected chi connectivity index (χ0v) is 14.1. The van der Waals surface area contributed by atoms with Crippen LogP contribution in [0.3, 0.4) is 0 Å². The molecule has 1 aliphatic heterocycles. The zero-order valence-electron chi connectivity index (χ0n) is 13.3. The van der Waals surface area contributed by atoms with Gasteiger partial charge in [-0.3, -0.25) is 0 Å². The number of benzene rings is 2. The summed E-state index contributed by atoms with van der Waals surface area (Å²) in [5.41, 5.74) is 3.19. The second-order valence-corrected chi connectivity index (χ2v) is 7.67. The Morgan fingerprint density at radius 1 is 1.17 bits per heavy atom. The van der Waals surface area contributed by atoms with Crippen LogP contribution in [0, 0.1) is 6.92 Å². The number of rotatable bonds is 2. The van der Waals surface area contributed by atoms with Crippen LogP contribution in [0.1, 0.15) is 23.8 Å². The zero-order chi connectivity index (χ0) is 16.0. The van der Waals surface area contributed by atoms with Crippen molar-refractivity contribution >= 4 is 21.8 Å². The molecular weight excluding hydrogens is 306 g/mol. The lowest BCUT2D eigenvalue weighted by Gasteiger charge is -2.18. The average molecular weight is 325 g/mol. The molecule has 1 aromatic heterocycles. The maximum atomic E-state index is 12.8. The van der Waals surface area contributed by atoms with Crippen LogP contribution in [0.25, 0.3) is 11.0 Å². The van der Waals surface area contributed by atoms with Crippen molar-refractivity contribution in [3.05, 3.63) is 59.4 Å². The van der Waals surface area contributed by atoms with E-state index in [4.69, 9.17) is 4.42 Å². The Kier molecular flexibility index (Phi) is 3.58. The minimum atomic E-state index is -1.17. The van der Waals surface area contributed by atoms with Gasteiger partial charge in [-0.1, -0.05) is 18.2 Å². The lowest BCUT2D eigenvalue weighted by Crippen LogP contribution is -2.32. The highest BCUT2D eigenvalue weighted by Crippen LogP contribution is 2.34. The van der Waals surface area contributed by atoms with E-state index in [2.05, 4.69) is 12.2 Å². The Labute approximate surface area is 138 Å². The van der Waals surface area contributed by atoms with E-state index in [1.54, 1.807) is 0 Å². The van der Waals surface area contributed by atoms with Crippen molar-refractivity contribution in [2.45, 2.75) is 42.6 Å². The molecule has 0 radical (unpaired) electrons. The van der Waals surface area contributed by atoms with Crippen LogP contribution < -0.4 is 5.32 Å². The quantitative estimate of drug-likeness (QED) is 0.776. The first-order valence-corrected chi connectivity index (χ1v) is 9.03. The summed E-state index contributed by atoms with van der Waals surface area (Å²) in [5, 5.41) is 4.58. The van der Waals surface area contributed by atoms with E-state index in [1.807, 2.05) is 49.4 Å². The molecule has 0 fully saturated rings. The third-order valence-electron chi connectivity index (χ3n) is 4.43. The van der Waals surface area contributed by atoms with Crippen molar-refractivity contribution in [1.82, 2.24) is 5.32 Å². The first-order chi connectivity index (χ1) is 11.1. The highest BCUT2D eigenvalue weighted by molar-refractivity contribution is 7.85. The number of aryl methyl sites for hydroxylation is 1. The predicted molar refractivity (Wildman–Crippen MR) is 92.1 cm³/mol. The van der Waals surface area contributed by atoms with Crippen LogP contribution in [0.2, 0.25) is 0 Å². The number of hydrogen-bond acceptors (Lipinski definition) is 3. The molecule has 0 aliphatic carbocycles. The normalized spacial score (nSPS) is 18.8. The second kappa shape index (κ2) is 5.62.